The molecule has 396 valence electrons. The monoisotopic (exact) mass is 1090 g/mol. The molecule has 0 heterocycles. The highest BCUT2D eigenvalue weighted by atomic mass is 19.2. The summed E-state index contributed by atoms with van der Waals surface area (Å²) in [6.07, 6.45) is 0. The zero-order valence-electron chi connectivity index (χ0n) is 36.4. The van der Waals surface area contributed by atoms with Gasteiger partial charge >= 0.3 is 0 Å². The molecule has 0 bridgehead atoms. The lowest BCUT2D eigenvalue weighted by atomic mass is 10.1. The van der Waals surface area contributed by atoms with Crippen LogP contribution in [0.3, 0.4) is 0 Å². The van der Waals surface area contributed by atoms with Crippen molar-refractivity contribution >= 4 is 0 Å². The second kappa shape index (κ2) is 22.1. The van der Waals surface area contributed by atoms with E-state index in [2.05, 4.69) is 0 Å². The van der Waals surface area contributed by atoms with Crippen LogP contribution in [-0.2, 0) is 39.6 Å². The lowest BCUT2D eigenvalue weighted by Crippen LogP contribution is -2.11. The fraction of sp³-hybridized carbons (Fsp3) is 0.125. The Morgan fingerprint density at radius 2 is 0.373 bits per heavy atom. The van der Waals surface area contributed by atoms with Gasteiger partial charge in [0.05, 0.1) is 22.3 Å². The minimum atomic E-state index is -2.50. The zero-order chi connectivity index (χ0) is 54.9. The molecular formula is C48H22F20O7. The summed E-state index contributed by atoms with van der Waals surface area (Å²) in [5, 5.41) is 10.5. The van der Waals surface area contributed by atoms with E-state index in [4.69, 9.17) is 28.4 Å². The van der Waals surface area contributed by atoms with Crippen LogP contribution in [0.15, 0.2) is 54.6 Å². The number of hydrogen-bond acceptors (Lipinski definition) is 7. The number of aromatic hydroxyl groups is 1. The standard InChI is InChI=1S/C48H22F20O7/c49-29-25(30(50)38(58)45(65)37(29)57)12-72-19-1-16(2-20(7-19)73-13-26-31(51)39(59)46(66)40(60)32(26)52)10-70-23-5-18(69)6-24(9-23)71-11-17-3-21(74-14-27-33(53)41(61)47(67)42(62)34(27)54)8-22(4-17)75-15-28-35(55)43(63)48(68)44(64)36(28)56/h1-9,69H,10-15H2. The van der Waals surface area contributed by atoms with Crippen molar-refractivity contribution in [3.63, 3.8) is 0 Å². The van der Waals surface area contributed by atoms with Crippen LogP contribution in [0, 0.1) is 116 Å². The maximum Gasteiger partial charge on any atom is 0.200 e. The number of halogens is 20. The Morgan fingerprint density at radius 3 is 0.573 bits per heavy atom. The summed E-state index contributed by atoms with van der Waals surface area (Å²) >= 11 is 0. The van der Waals surface area contributed by atoms with Gasteiger partial charge in [0.25, 0.3) is 0 Å². The highest BCUT2D eigenvalue weighted by molar-refractivity contribution is 5.44. The number of phenols is 1. The second-order valence-electron chi connectivity index (χ2n) is 15.2. The van der Waals surface area contributed by atoms with Crippen molar-refractivity contribution in [1.29, 1.82) is 0 Å². The number of ether oxygens (including phenoxy) is 6. The smallest absolute Gasteiger partial charge is 0.200 e. The maximum atomic E-state index is 14.4. The molecule has 0 aromatic heterocycles. The first-order valence-electron chi connectivity index (χ1n) is 20.3. The molecule has 0 amide bonds. The lowest BCUT2D eigenvalue weighted by molar-refractivity contribution is 0.261. The molecule has 27 heteroatoms. The molecule has 0 aliphatic carbocycles. The minimum Gasteiger partial charge on any atom is -0.508 e. The maximum absolute atomic E-state index is 14.4. The molecule has 7 aromatic carbocycles. The normalized spacial score (nSPS) is 11.3. The predicted octanol–water partition coefficient (Wildman–Crippen LogP) is 13.6. The van der Waals surface area contributed by atoms with Crippen molar-refractivity contribution in [2.75, 3.05) is 0 Å². The summed E-state index contributed by atoms with van der Waals surface area (Å²) in [6.45, 7) is -6.87. The van der Waals surface area contributed by atoms with E-state index in [0.29, 0.717) is 0 Å². The zero-order valence-corrected chi connectivity index (χ0v) is 36.4. The second-order valence-corrected chi connectivity index (χ2v) is 15.2. The van der Waals surface area contributed by atoms with E-state index < -0.39 is 207 Å². The largest absolute Gasteiger partial charge is 0.508 e. The summed E-state index contributed by atoms with van der Waals surface area (Å²) in [4.78, 5) is 0. The Balaban J connectivity index is 1.14. The van der Waals surface area contributed by atoms with E-state index in [0.717, 1.165) is 54.6 Å². The van der Waals surface area contributed by atoms with Gasteiger partial charge in [-0.15, -0.1) is 0 Å². The number of benzene rings is 7. The van der Waals surface area contributed by atoms with E-state index in [9.17, 15) is 92.9 Å². The first-order valence-corrected chi connectivity index (χ1v) is 20.3. The summed E-state index contributed by atoms with van der Waals surface area (Å²) in [5.74, 6) is -50.4. The van der Waals surface area contributed by atoms with E-state index >= 15 is 0 Å². The molecule has 0 unspecified atom stereocenters. The van der Waals surface area contributed by atoms with E-state index in [1.165, 1.54) is 0 Å². The van der Waals surface area contributed by atoms with E-state index in [1.54, 1.807) is 0 Å². The summed E-state index contributed by atoms with van der Waals surface area (Å²) in [7, 11) is 0. The molecule has 0 aliphatic heterocycles. The molecule has 0 spiro atoms. The quantitative estimate of drug-likeness (QED) is 0.0521. The van der Waals surface area contributed by atoms with Gasteiger partial charge < -0.3 is 33.5 Å². The van der Waals surface area contributed by atoms with Gasteiger partial charge in [-0.1, -0.05) is 0 Å². The molecule has 0 saturated carbocycles. The third kappa shape index (κ3) is 11.3. The third-order valence-corrected chi connectivity index (χ3v) is 10.3. The Bertz CT molecular complexity index is 2880. The Labute approximate surface area is 405 Å². The topological polar surface area (TPSA) is 75.6 Å². The molecule has 75 heavy (non-hydrogen) atoms. The molecule has 0 aliphatic rings. The minimum absolute atomic E-state index is 0.149. The molecule has 0 atom stereocenters. The van der Waals surface area contributed by atoms with Crippen LogP contribution in [0.1, 0.15) is 33.4 Å². The molecule has 0 fully saturated rings. The van der Waals surface area contributed by atoms with Gasteiger partial charge in [-0.25, -0.2) is 87.8 Å². The van der Waals surface area contributed by atoms with Gasteiger partial charge in [0.15, 0.2) is 93.1 Å². The third-order valence-electron chi connectivity index (χ3n) is 10.3. The Morgan fingerprint density at radius 1 is 0.213 bits per heavy atom. The van der Waals surface area contributed by atoms with Gasteiger partial charge in [-0.3, -0.25) is 0 Å². The highest BCUT2D eigenvalue weighted by Crippen LogP contribution is 2.35. The summed E-state index contributed by atoms with van der Waals surface area (Å²) in [5.41, 5.74) is -6.18. The molecule has 7 aromatic rings. The number of phenolic OH excluding ortho intramolecular Hbond substituents is 1. The van der Waals surface area contributed by atoms with Gasteiger partial charge in [-0.05, 0) is 35.4 Å². The first kappa shape index (κ1) is 54.5. The fourth-order valence-electron chi connectivity index (χ4n) is 6.55. The van der Waals surface area contributed by atoms with Gasteiger partial charge in [0.2, 0.25) is 23.3 Å². The van der Waals surface area contributed by atoms with Crippen molar-refractivity contribution in [2.45, 2.75) is 39.6 Å². The van der Waals surface area contributed by atoms with Crippen molar-refractivity contribution in [2.24, 2.45) is 0 Å². The molecule has 7 rings (SSSR count). The van der Waals surface area contributed by atoms with Crippen LogP contribution in [0.25, 0.3) is 0 Å². The fourth-order valence-corrected chi connectivity index (χ4v) is 6.55. The van der Waals surface area contributed by atoms with E-state index in [-0.39, 0.29) is 22.6 Å². The molecule has 1 N–H and O–H groups in total. The van der Waals surface area contributed by atoms with Crippen molar-refractivity contribution in [3.05, 3.63) is 204 Å². The Hall–Kier alpha value is -8.26. The van der Waals surface area contributed by atoms with Gasteiger partial charge in [-0.2, -0.15) is 0 Å². The lowest BCUT2D eigenvalue weighted by Gasteiger charge is -2.16. The summed E-state index contributed by atoms with van der Waals surface area (Å²) < 4.78 is 313. The van der Waals surface area contributed by atoms with Crippen LogP contribution in [0.4, 0.5) is 87.8 Å². The van der Waals surface area contributed by atoms with Gasteiger partial charge in [0, 0.05) is 30.3 Å². The molecule has 0 radical (unpaired) electrons. The molecular weight excluding hydrogens is 1070 g/mol. The van der Waals surface area contributed by atoms with Gasteiger partial charge in [0.1, 0.15) is 79.9 Å². The van der Waals surface area contributed by atoms with E-state index in [1.807, 2.05) is 0 Å². The number of hydrogen-bond donors (Lipinski definition) is 1. The van der Waals surface area contributed by atoms with Crippen LogP contribution in [0.2, 0.25) is 0 Å². The van der Waals surface area contributed by atoms with Crippen LogP contribution in [-0.4, -0.2) is 5.11 Å². The Kier molecular flexibility index (Phi) is 16.0. The van der Waals surface area contributed by atoms with Crippen LogP contribution in [0.5, 0.6) is 40.2 Å². The SMILES string of the molecule is Oc1cc(OCc2cc(OCc3c(F)c(F)c(F)c(F)c3F)cc(OCc3c(F)c(F)c(F)c(F)c3F)c2)cc(OCc2cc(OCc3c(F)c(F)c(F)c(F)c3F)cc(OCc3c(F)c(F)c(F)c(F)c3F)c2)c1. The average Bonchev–Trinajstić information content (AvgIpc) is 3.39. The van der Waals surface area contributed by atoms with Crippen molar-refractivity contribution in [3.8, 4) is 40.2 Å². The highest BCUT2D eigenvalue weighted by Gasteiger charge is 2.30. The molecule has 7 nitrogen and oxygen atoms in total. The average molecular weight is 1090 g/mol. The number of rotatable bonds is 18. The van der Waals surface area contributed by atoms with Crippen LogP contribution < -0.4 is 28.4 Å². The molecule has 0 saturated heterocycles. The predicted molar refractivity (Wildman–Crippen MR) is 212 cm³/mol. The summed E-state index contributed by atoms with van der Waals surface area (Å²) in [6, 6.07) is 8.54. The van der Waals surface area contributed by atoms with Crippen LogP contribution >= 0.6 is 0 Å². The van der Waals surface area contributed by atoms with Crippen molar-refractivity contribution in [1.82, 2.24) is 0 Å². The first-order chi connectivity index (χ1) is 35.4. The van der Waals surface area contributed by atoms with Crippen molar-refractivity contribution < 1.29 is 121 Å².